The maximum atomic E-state index is 11.8. The molecule has 18 heavy (non-hydrogen) atoms. The Morgan fingerprint density at radius 2 is 2.11 bits per heavy atom. The number of para-hydroxylation sites is 1. The van der Waals surface area contributed by atoms with Crippen molar-refractivity contribution in [3.05, 3.63) is 46.2 Å². The molecule has 5 nitrogen and oxygen atoms in total. The molecule has 0 aliphatic rings. The largest absolute Gasteiger partial charge is 0.394 e. The highest BCUT2D eigenvalue weighted by molar-refractivity contribution is 5.78. The lowest BCUT2D eigenvalue weighted by molar-refractivity contribution is 0.0942. The molecule has 1 aromatic heterocycles. The van der Waals surface area contributed by atoms with Crippen LogP contribution in [0.15, 0.2) is 35.1 Å². The van der Waals surface area contributed by atoms with E-state index in [1.165, 1.54) is 0 Å². The number of H-pyrrole nitrogens is 1. The van der Waals surface area contributed by atoms with Crippen LogP contribution in [0, 0.1) is 0 Å². The Morgan fingerprint density at radius 3 is 2.89 bits per heavy atom. The van der Waals surface area contributed by atoms with Gasteiger partial charge >= 0.3 is 0 Å². The van der Waals surface area contributed by atoms with E-state index in [1.54, 1.807) is 0 Å². The Kier molecular flexibility index (Phi) is 4.09. The highest BCUT2D eigenvalue weighted by Gasteiger charge is 2.04. The first-order chi connectivity index (χ1) is 8.70. The van der Waals surface area contributed by atoms with Gasteiger partial charge in [-0.2, -0.15) is 0 Å². The monoisotopic (exact) mass is 248 g/mol. The number of nitrogens with one attached hydrogen (secondary N) is 2. The van der Waals surface area contributed by atoms with E-state index in [1.807, 2.05) is 30.3 Å². The van der Waals surface area contributed by atoms with Gasteiger partial charge in [0.05, 0.1) is 12.7 Å². The van der Waals surface area contributed by atoms with Crippen molar-refractivity contribution in [3.63, 3.8) is 0 Å². The fourth-order valence-electron chi connectivity index (χ4n) is 1.76. The molecule has 5 heteroatoms. The molecule has 0 bridgehead atoms. The number of aliphatic hydroxyl groups is 2. The second-order valence-electron chi connectivity index (χ2n) is 4.18. The maximum Gasteiger partial charge on any atom is 0.252 e. The number of hydrogen-bond donors (Lipinski definition) is 4. The molecule has 0 aliphatic heterocycles. The van der Waals surface area contributed by atoms with E-state index in [4.69, 9.17) is 5.11 Å². The summed E-state index contributed by atoms with van der Waals surface area (Å²) >= 11 is 0. The molecule has 0 aliphatic carbocycles. The van der Waals surface area contributed by atoms with E-state index in [0.29, 0.717) is 12.1 Å². The number of fused-ring (bicyclic) bond motifs is 1. The van der Waals surface area contributed by atoms with Crippen LogP contribution in [0.4, 0.5) is 0 Å². The third-order valence-electron chi connectivity index (χ3n) is 2.74. The summed E-state index contributed by atoms with van der Waals surface area (Å²) in [6.45, 7) is 0.321. The molecule has 2 rings (SSSR count). The molecule has 1 aromatic carbocycles. The first-order valence-electron chi connectivity index (χ1n) is 5.81. The van der Waals surface area contributed by atoms with Gasteiger partial charge in [-0.05, 0) is 17.5 Å². The summed E-state index contributed by atoms with van der Waals surface area (Å²) in [4.78, 5) is 14.6. The minimum atomic E-state index is -0.801. The Hall–Kier alpha value is -1.69. The van der Waals surface area contributed by atoms with Gasteiger partial charge in [-0.3, -0.25) is 4.79 Å². The van der Waals surface area contributed by atoms with Crippen molar-refractivity contribution in [3.8, 4) is 0 Å². The molecule has 2 aromatic rings. The first kappa shape index (κ1) is 12.8. The number of aromatic nitrogens is 1. The predicted molar refractivity (Wildman–Crippen MR) is 69.4 cm³/mol. The average molecular weight is 248 g/mol. The maximum absolute atomic E-state index is 11.8. The number of hydrogen-bond acceptors (Lipinski definition) is 4. The first-order valence-corrected chi connectivity index (χ1v) is 5.81. The molecule has 0 spiro atoms. The fourth-order valence-corrected chi connectivity index (χ4v) is 1.76. The van der Waals surface area contributed by atoms with Crippen LogP contribution in [-0.2, 0) is 6.54 Å². The molecule has 1 heterocycles. The normalized spacial score (nSPS) is 12.8. The van der Waals surface area contributed by atoms with E-state index in [0.717, 1.165) is 10.9 Å². The van der Waals surface area contributed by atoms with Crippen LogP contribution in [0.2, 0.25) is 0 Å². The van der Waals surface area contributed by atoms with Crippen molar-refractivity contribution in [1.82, 2.24) is 10.3 Å². The van der Waals surface area contributed by atoms with Gasteiger partial charge in [0, 0.05) is 24.2 Å². The molecule has 4 N–H and O–H groups in total. The summed E-state index contributed by atoms with van der Waals surface area (Å²) in [5.74, 6) is 0. The van der Waals surface area contributed by atoms with Crippen LogP contribution < -0.4 is 10.9 Å². The zero-order valence-electron chi connectivity index (χ0n) is 9.89. The summed E-state index contributed by atoms with van der Waals surface area (Å²) in [5, 5.41) is 21.7. The summed E-state index contributed by atoms with van der Waals surface area (Å²) in [6, 6.07) is 9.38. The van der Waals surface area contributed by atoms with Crippen molar-refractivity contribution in [2.45, 2.75) is 12.6 Å². The van der Waals surface area contributed by atoms with E-state index in [-0.39, 0.29) is 18.7 Å². The van der Waals surface area contributed by atoms with Crippen LogP contribution in [0.25, 0.3) is 10.9 Å². The van der Waals surface area contributed by atoms with Gasteiger partial charge < -0.3 is 20.5 Å². The fraction of sp³-hybridized carbons (Fsp3) is 0.308. The van der Waals surface area contributed by atoms with Gasteiger partial charge in [0.25, 0.3) is 5.56 Å². The third-order valence-corrected chi connectivity index (χ3v) is 2.74. The van der Waals surface area contributed by atoms with Crippen molar-refractivity contribution in [1.29, 1.82) is 0 Å². The second kappa shape index (κ2) is 5.77. The topological polar surface area (TPSA) is 85.4 Å². The number of aliphatic hydroxyl groups excluding tert-OH is 2. The molecule has 1 atom stereocenters. The smallest absolute Gasteiger partial charge is 0.252 e. The van der Waals surface area contributed by atoms with Crippen molar-refractivity contribution in [2.75, 3.05) is 13.2 Å². The van der Waals surface area contributed by atoms with E-state index in [2.05, 4.69) is 10.3 Å². The summed E-state index contributed by atoms with van der Waals surface area (Å²) < 4.78 is 0. The lowest BCUT2D eigenvalue weighted by Crippen LogP contribution is -2.30. The van der Waals surface area contributed by atoms with Crippen molar-refractivity contribution in [2.24, 2.45) is 0 Å². The van der Waals surface area contributed by atoms with Gasteiger partial charge in [0.15, 0.2) is 0 Å². The molecular weight excluding hydrogens is 232 g/mol. The Morgan fingerprint density at radius 1 is 1.33 bits per heavy atom. The van der Waals surface area contributed by atoms with E-state index in [9.17, 15) is 9.90 Å². The van der Waals surface area contributed by atoms with Crippen LogP contribution in [0.1, 0.15) is 5.56 Å². The molecule has 0 saturated carbocycles. The minimum absolute atomic E-state index is 0.139. The number of rotatable bonds is 5. The van der Waals surface area contributed by atoms with Crippen LogP contribution in [0.5, 0.6) is 0 Å². The van der Waals surface area contributed by atoms with Crippen LogP contribution in [0.3, 0.4) is 0 Å². The SMILES string of the molecule is O=c1[nH]c2ccccc2cc1CNCC(O)CO. The molecule has 0 amide bonds. The lowest BCUT2D eigenvalue weighted by Gasteiger charge is -2.08. The molecule has 0 fully saturated rings. The minimum Gasteiger partial charge on any atom is -0.394 e. The highest BCUT2D eigenvalue weighted by atomic mass is 16.3. The lowest BCUT2D eigenvalue weighted by atomic mass is 10.1. The highest BCUT2D eigenvalue weighted by Crippen LogP contribution is 2.09. The zero-order chi connectivity index (χ0) is 13.0. The zero-order valence-corrected chi connectivity index (χ0v) is 9.89. The van der Waals surface area contributed by atoms with Gasteiger partial charge in [-0.25, -0.2) is 0 Å². The average Bonchev–Trinajstić information content (AvgIpc) is 2.39. The second-order valence-corrected chi connectivity index (χ2v) is 4.18. The van der Waals surface area contributed by atoms with Crippen LogP contribution >= 0.6 is 0 Å². The molecule has 1 unspecified atom stereocenters. The van der Waals surface area contributed by atoms with Gasteiger partial charge in [0.1, 0.15) is 0 Å². The molecular formula is C13H16N2O3. The standard InChI is InChI=1S/C13H16N2O3/c16-8-11(17)7-14-6-10-5-9-3-1-2-4-12(9)15-13(10)18/h1-5,11,14,16-17H,6-8H2,(H,15,18). The summed E-state index contributed by atoms with van der Waals surface area (Å²) in [7, 11) is 0. The number of aromatic amines is 1. The quantitative estimate of drug-likeness (QED) is 0.598. The molecule has 0 saturated heterocycles. The van der Waals surface area contributed by atoms with Crippen molar-refractivity contribution < 1.29 is 10.2 Å². The Balaban J connectivity index is 2.13. The van der Waals surface area contributed by atoms with Gasteiger partial charge in [-0.15, -0.1) is 0 Å². The number of pyridine rings is 1. The Labute approximate surface area is 104 Å². The third kappa shape index (κ3) is 2.95. The van der Waals surface area contributed by atoms with Crippen LogP contribution in [-0.4, -0.2) is 34.5 Å². The van der Waals surface area contributed by atoms with Gasteiger partial charge in [0.2, 0.25) is 0 Å². The number of benzene rings is 1. The predicted octanol–water partition coefficient (Wildman–Crippen LogP) is -0.0291. The van der Waals surface area contributed by atoms with Crippen molar-refractivity contribution >= 4 is 10.9 Å². The molecule has 0 radical (unpaired) electrons. The summed E-state index contributed by atoms with van der Waals surface area (Å²) in [5.41, 5.74) is 1.28. The van der Waals surface area contributed by atoms with E-state index < -0.39 is 6.10 Å². The summed E-state index contributed by atoms with van der Waals surface area (Å²) in [6.07, 6.45) is -0.801. The van der Waals surface area contributed by atoms with E-state index >= 15 is 0 Å². The van der Waals surface area contributed by atoms with Gasteiger partial charge in [-0.1, -0.05) is 18.2 Å². The Bertz CT molecular complexity index is 580. The molecule has 96 valence electrons.